The maximum atomic E-state index is 12.3. The molecule has 0 radical (unpaired) electrons. The van der Waals surface area contributed by atoms with E-state index in [1.54, 1.807) is 0 Å². The van der Waals surface area contributed by atoms with Crippen molar-refractivity contribution in [1.29, 1.82) is 0 Å². The van der Waals surface area contributed by atoms with Crippen LogP contribution in [0.25, 0.3) is 0 Å². The van der Waals surface area contributed by atoms with Crippen molar-refractivity contribution >= 4 is 0 Å². The Hall–Kier alpha value is -0.770. The highest BCUT2D eigenvalue weighted by Gasteiger charge is 2.78. The number of alkyl halides is 11. The van der Waals surface area contributed by atoms with Crippen LogP contribution in [0.2, 0.25) is 0 Å². The van der Waals surface area contributed by atoms with Crippen molar-refractivity contribution in [3.63, 3.8) is 0 Å². The van der Waals surface area contributed by atoms with Crippen LogP contribution in [-0.2, 0) is 0 Å². The number of rotatable bonds is 5. The second-order valence-electron chi connectivity index (χ2n) is 2.86. The minimum Gasteiger partial charge on any atom is -0.234 e. The van der Waals surface area contributed by atoms with Crippen LogP contribution >= 0.6 is 0 Å². The molecule has 0 aromatic heterocycles. The third-order valence-corrected chi connectivity index (χ3v) is 1.68. The molecule has 0 bridgehead atoms. The van der Waals surface area contributed by atoms with Crippen LogP contribution in [0.4, 0.5) is 48.3 Å². The van der Waals surface area contributed by atoms with Crippen LogP contribution in [0, 0.1) is 0 Å². The van der Waals surface area contributed by atoms with Gasteiger partial charge in [-0.1, -0.05) is 0 Å². The van der Waals surface area contributed by atoms with Crippen LogP contribution in [0.3, 0.4) is 0 Å². The van der Waals surface area contributed by atoms with Gasteiger partial charge in [0.25, 0.3) is 6.43 Å². The summed E-state index contributed by atoms with van der Waals surface area (Å²) in [4.78, 5) is 0. The molecular formula is C6H3F11. The van der Waals surface area contributed by atoms with E-state index in [0.717, 1.165) is 0 Å². The summed E-state index contributed by atoms with van der Waals surface area (Å²) in [5.74, 6) is -20.2. The van der Waals surface area contributed by atoms with Crippen molar-refractivity contribution < 1.29 is 48.3 Å². The van der Waals surface area contributed by atoms with Gasteiger partial charge in [-0.25, -0.2) is 22.0 Å². The summed E-state index contributed by atoms with van der Waals surface area (Å²) in [6.45, 7) is 0. The van der Waals surface area contributed by atoms with E-state index in [9.17, 15) is 48.3 Å². The summed E-state index contributed by atoms with van der Waals surface area (Å²) >= 11 is 0. The van der Waals surface area contributed by atoms with E-state index in [1.807, 2.05) is 0 Å². The molecule has 0 spiro atoms. The summed E-state index contributed by atoms with van der Waals surface area (Å²) in [5, 5.41) is 0. The maximum absolute atomic E-state index is 12.3. The average Bonchev–Trinajstić information content (AvgIpc) is 2.15. The first kappa shape index (κ1) is 16.2. The monoisotopic (exact) mass is 284 g/mol. The normalized spacial score (nSPS) is 16.8. The lowest BCUT2D eigenvalue weighted by Crippen LogP contribution is -2.62. The molecule has 0 fully saturated rings. The Morgan fingerprint density at radius 3 is 1.18 bits per heavy atom. The molecule has 11 heteroatoms. The molecular weight excluding hydrogens is 281 g/mol. The lowest BCUT2D eigenvalue weighted by molar-refractivity contribution is -0.356. The van der Waals surface area contributed by atoms with Gasteiger partial charge in [0.15, 0.2) is 0 Å². The van der Waals surface area contributed by atoms with Gasteiger partial charge in [0.05, 0.1) is 0 Å². The topological polar surface area (TPSA) is 0 Å². The lowest BCUT2D eigenvalue weighted by atomic mass is 10.0. The van der Waals surface area contributed by atoms with Gasteiger partial charge in [-0.3, -0.25) is 0 Å². The summed E-state index contributed by atoms with van der Waals surface area (Å²) in [5.41, 5.74) is 0. The Labute approximate surface area is 86.4 Å². The molecule has 0 N–H and O–H groups in total. The molecule has 0 heterocycles. The minimum absolute atomic E-state index is 4.73. The van der Waals surface area contributed by atoms with Gasteiger partial charge in [0.1, 0.15) is 0 Å². The van der Waals surface area contributed by atoms with Crippen LogP contribution < -0.4 is 0 Å². The molecule has 1 atom stereocenters. The van der Waals surface area contributed by atoms with E-state index in [0.29, 0.717) is 0 Å². The van der Waals surface area contributed by atoms with Crippen molar-refractivity contribution in [2.75, 3.05) is 0 Å². The fraction of sp³-hybridized carbons (Fsp3) is 1.00. The number of hydrogen-bond donors (Lipinski definition) is 0. The molecule has 0 aliphatic rings. The standard InChI is InChI=1S/C6H3F11/c7-1(2(8)9)4(12,13)6(16,17)5(14,15)3(10)11/h1-3H. The zero-order chi connectivity index (χ0) is 14.2. The Morgan fingerprint density at radius 1 is 0.588 bits per heavy atom. The molecule has 0 saturated carbocycles. The fourth-order valence-electron chi connectivity index (χ4n) is 0.691. The third-order valence-electron chi connectivity index (χ3n) is 1.68. The molecule has 0 saturated heterocycles. The molecule has 0 aromatic rings. The van der Waals surface area contributed by atoms with Gasteiger partial charge in [-0.05, 0) is 0 Å². The van der Waals surface area contributed by atoms with Crippen LogP contribution in [0.5, 0.6) is 0 Å². The molecule has 17 heavy (non-hydrogen) atoms. The lowest BCUT2D eigenvalue weighted by Gasteiger charge is -2.33. The molecule has 0 aliphatic heterocycles. The second-order valence-corrected chi connectivity index (χ2v) is 2.86. The van der Waals surface area contributed by atoms with E-state index in [4.69, 9.17) is 0 Å². The first-order valence-corrected chi connectivity index (χ1v) is 3.64. The van der Waals surface area contributed by atoms with Gasteiger partial charge in [-0.15, -0.1) is 0 Å². The predicted molar refractivity (Wildman–Crippen MR) is 31.7 cm³/mol. The van der Waals surface area contributed by atoms with E-state index in [1.165, 1.54) is 0 Å². The maximum Gasteiger partial charge on any atom is 0.381 e. The fourth-order valence-corrected chi connectivity index (χ4v) is 0.691. The molecule has 0 rings (SSSR count). The summed E-state index contributed by atoms with van der Waals surface area (Å²) in [6, 6.07) is 0. The van der Waals surface area contributed by atoms with Crippen LogP contribution in [-0.4, -0.2) is 36.8 Å². The third kappa shape index (κ3) is 2.41. The Bertz CT molecular complexity index is 257. The quantitative estimate of drug-likeness (QED) is 0.674. The molecule has 0 aromatic carbocycles. The van der Waals surface area contributed by atoms with E-state index >= 15 is 0 Å². The highest BCUT2D eigenvalue weighted by Crippen LogP contribution is 2.51. The molecule has 0 aliphatic carbocycles. The molecule has 104 valence electrons. The summed E-state index contributed by atoms with van der Waals surface area (Å²) in [7, 11) is 0. The van der Waals surface area contributed by atoms with Crippen molar-refractivity contribution in [2.24, 2.45) is 0 Å². The van der Waals surface area contributed by atoms with Crippen molar-refractivity contribution in [1.82, 2.24) is 0 Å². The van der Waals surface area contributed by atoms with Gasteiger partial charge < -0.3 is 0 Å². The number of halogens is 11. The minimum atomic E-state index is -6.95. The van der Waals surface area contributed by atoms with E-state index in [-0.39, 0.29) is 0 Å². The SMILES string of the molecule is FC(F)C(F)C(F)(F)C(F)(F)C(F)(F)C(F)F. The summed E-state index contributed by atoms with van der Waals surface area (Å²) < 4.78 is 131. The van der Waals surface area contributed by atoms with Crippen molar-refractivity contribution in [2.45, 2.75) is 36.8 Å². The first-order valence-electron chi connectivity index (χ1n) is 3.64. The van der Waals surface area contributed by atoms with Crippen molar-refractivity contribution in [3.8, 4) is 0 Å². The van der Waals surface area contributed by atoms with Crippen molar-refractivity contribution in [3.05, 3.63) is 0 Å². The Balaban J connectivity index is 5.44. The Kier molecular flexibility index (Phi) is 4.28. The van der Waals surface area contributed by atoms with E-state index < -0.39 is 36.8 Å². The highest BCUT2D eigenvalue weighted by atomic mass is 19.4. The van der Waals surface area contributed by atoms with Gasteiger partial charge in [0.2, 0.25) is 6.17 Å². The van der Waals surface area contributed by atoms with Crippen LogP contribution in [0.15, 0.2) is 0 Å². The number of hydrogen-bond acceptors (Lipinski definition) is 0. The molecule has 0 amide bonds. The zero-order valence-electron chi connectivity index (χ0n) is 7.39. The predicted octanol–water partition coefficient (Wildman–Crippen LogP) is 3.76. The first-order chi connectivity index (χ1) is 7.30. The Morgan fingerprint density at radius 2 is 0.941 bits per heavy atom. The van der Waals surface area contributed by atoms with Crippen LogP contribution in [0.1, 0.15) is 0 Å². The van der Waals surface area contributed by atoms with E-state index in [2.05, 4.69) is 0 Å². The highest BCUT2D eigenvalue weighted by molar-refractivity contribution is 5.02. The van der Waals surface area contributed by atoms with Gasteiger partial charge in [-0.2, -0.15) is 26.3 Å². The summed E-state index contributed by atoms with van der Waals surface area (Å²) in [6.07, 6.45) is -15.0. The molecule has 0 nitrogen and oxygen atoms in total. The van der Waals surface area contributed by atoms with Gasteiger partial charge in [0, 0.05) is 0 Å². The largest absolute Gasteiger partial charge is 0.381 e. The smallest absolute Gasteiger partial charge is 0.234 e. The zero-order valence-corrected chi connectivity index (χ0v) is 7.39. The molecule has 1 unspecified atom stereocenters. The second kappa shape index (κ2) is 4.48. The van der Waals surface area contributed by atoms with Gasteiger partial charge >= 0.3 is 24.2 Å². The average molecular weight is 284 g/mol.